The molecule has 0 fully saturated rings. The number of amides is 1. The molecule has 0 saturated carbocycles. The molecular weight excluding hydrogens is 300 g/mol. The molecular formula is C15H12F4N2O. The maximum Gasteiger partial charge on any atom is 0.408 e. The molecule has 22 heavy (non-hydrogen) atoms. The molecule has 0 aliphatic heterocycles. The van der Waals surface area contributed by atoms with E-state index in [2.05, 4.69) is 4.98 Å². The minimum Gasteiger partial charge on any atom is -0.340 e. The normalized spacial score (nSPS) is 12.7. The first-order valence-corrected chi connectivity index (χ1v) is 6.39. The maximum absolute atomic E-state index is 13.4. The second kappa shape index (κ2) is 6.55. The standard InChI is InChI=1S/C15H12F4N2O/c16-12-9-20-7-6-11(12)14(22)21-13(15(17,18)19)8-10-4-2-1-3-5-10/h1-7,9,13H,8H2,(H,21,22)/t13-/m1/s1. The number of nitrogens with zero attached hydrogens (tertiary/aromatic N) is 1. The predicted octanol–water partition coefficient (Wildman–Crippen LogP) is 3.12. The lowest BCUT2D eigenvalue weighted by Gasteiger charge is -2.22. The van der Waals surface area contributed by atoms with Crippen LogP contribution in [-0.2, 0) is 6.42 Å². The van der Waals surface area contributed by atoms with Gasteiger partial charge in [-0.05, 0) is 11.6 Å². The summed E-state index contributed by atoms with van der Waals surface area (Å²) >= 11 is 0. The van der Waals surface area contributed by atoms with E-state index in [0.29, 0.717) is 5.56 Å². The molecule has 7 heteroatoms. The summed E-state index contributed by atoms with van der Waals surface area (Å²) in [5.74, 6) is -2.10. The predicted molar refractivity (Wildman–Crippen MR) is 71.7 cm³/mol. The summed E-state index contributed by atoms with van der Waals surface area (Å²) in [6.45, 7) is 0. The minimum atomic E-state index is -4.64. The highest BCUT2D eigenvalue weighted by molar-refractivity contribution is 5.94. The molecule has 0 bridgehead atoms. The zero-order chi connectivity index (χ0) is 16.2. The third-order valence-corrected chi connectivity index (χ3v) is 3.00. The van der Waals surface area contributed by atoms with Crippen molar-refractivity contribution in [1.82, 2.24) is 10.3 Å². The molecule has 0 aliphatic rings. The van der Waals surface area contributed by atoms with E-state index in [1.807, 2.05) is 5.32 Å². The molecule has 2 aromatic rings. The van der Waals surface area contributed by atoms with Gasteiger partial charge in [0.15, 0.2) is 5.82 Å². The van der Waals surface area contributed by atoms with Gasteiger partial charge in [-0.2, -0.15) is 13.2 Å². The van der Waals surface area contributed by atoms with E-state index in [9.17, 15) is 22.4 Å². The van der Waals surface area contributed by atoms with Crippen molar-refractivity contribution < 1.29 is 22.4 Å². The molecule has 2 rings (SSSR count). The third-order valence-electron chi connectivity index (χ3n) is 3.00. The monoisotopic (exact) mass is 312 g/mol. The van der Waals surface area contributed by atoms with Crippen LogP contribution in [0.15, 0.2) is 48.8 Å². The van der Waals surface area contributed by atoms with Crippen molar-refractivity contribution >= 4 is 5.91 Å². The Hall–Kier alpha value is -2.44. The van der Waals surface area contributed by atoms with E-state index < -0.39 is 35.9 Å². The van der Waals surface area contributed by atoms with Gasteiger partial charge in [0.05, 0.1) is 11.8 Å². The quantitative estimate of drug-likeness (QED) is 0.881. The maximum atomic E-state index is 13.4. The summed E-state index contributed by atoms with van der Waals surface area (Å²) in [5, 5.41) is 1.83. The van der Waals surface area contributed by atoms with Crippen molar-refractivity contribution in [3.05, 3.63) is 65.7 Å². The first-order valence-electron chi connectivity index (χ1n) is 6.39. The van der Waals surface area contributed by atoms with E-state index in [0.717, 1.165) is 18.5 Å². The van der Waals surface area contributed by atoms with Crippen molar-refractivity contribution in [2.24, 2.45) is 0 Å². The zero-order valence-corrected chi connectivity index (χ0v) is 11.3. The van der Waals surface area contributed by atoms with E-state index in [1.165, 1.54) is 12.1 Å². The van der Waals surface area contributed by atoms with Crippen LogP contribution in [0.5, 0.6) is 0 Å². The first-order chi connectivity index (χ1) is 10.4. The Kier molecular flexibility index (Phi) is 4.75. The van der Waals surface area contributed by atoms with Crippen LogP contribution in [0.25, 0.3) is 0 Å². The molecule has 0 unspecified atom stereocenters. The largest absolute Gasteiger partial charge is 0.408 e. The average Bonchev–Trinajstić information content (AvgIpc) is 2.47. The highest BCUT2D eigenvalue weighted by Gasteiger charge is 2.40. The Morgan fingerprint density at radius 1 is 1.18 bits per heavy atom. The van der Waals surface area contributed by atoms with Gasteiger partial charge >= 0.3 is 6.18 Å². The number of rotatable bonds is 4. The van der Waals surface area contributed by atoms with Crippen LogP contribution in [0.4, 0.5) is 17.6 Å². The Balaban J connectivity index is 2.17. The smallest absolute Gasteiger partial charge is 0.340 e. The van der Waals surface area contributed by atoms with Gasteiger partial charge in [-0.3, -0.25) is 9.78 Å². The van der Waals surface area contributed by atoms with E-state index in [1.54, 1.807) is 18.2 Å². The Morgan fingerprint density at radius 3 is 2.45 bits per heavy atom. The SMILES string of the molecule is O=C(N[C@H](Cc1ccccc1)C(F)(F)F)c1ccncc1F. The van der Waals surface area contributed by atoms with Gasteiger partial charge in [0.1, 0.15) is 6.04 Å². The third kappa shape index (κ3) is 4.03. The molecule has 1 amide bonds. The minimum absolute atomic E-state index is 0.417. The second-order valence-corrected chi connectivity index (χ2v) is 4.61. The molecule has 1 atom stereocenters. The fourth-order valence-electron chi connectivity index (χ4n) is 1.89. The van der Waals surface area contributed by atoms with Gasteiger partial charge in [0.25, 0.3) is 5.91 Å². The lowest BCUT2D eigenvalue weighted by molar-refractivity contribution is -0.153. The number of aromatic nitrogens is 1. The number of carbonyl (C=O) groups excluding carboxylic acids is 1. The fourth-order valence-corrected chi connectivity index (χ4v) is 1.89. The number of hydrogen-bond donors (Lipinski definition) is 1. The van der Waals surface area contributed by atoms with E-state index in [4.69, 9.17) is 0 Å². The number of benzene rings is 1. The van der Waals surface area contributed by atoms with Crippen molar-refractivity contribution in [3.8, 4) is 0 Å². The second-order valence-electron chi connectivity index (χ2n) is 4.61. The Labute approximate surface area is 124 Å². The zero-order valence-electron chi connectivity index (χ0n) is 11.3. The Bertz CT molecular complexity index is 643. The number of alkyl halides is 3. The number of halogens is 4. The van der Waals surface area contributed by atoms with Crippen LogP contribution in [0.3, 0.4) is 0 Å². The van der Waals surface area contributed by atoms with Crippen molar-refractivity contribution in [1.29, 1.82) is 0 Å². The Morgan fingerprint density at radius 2 is 1.86 bits per heavy atom. The summed E-state index contributed by atoms with van der Waals surface area (Å²) < 4.78 is 52.6. The van der Waals surface area contributed by atoms with Crippen LogP contribution in [0.1, 0.15) is 15.9 Å². The lowest BCUT2D eigenvalue weighted by Crippen LogP contribution is -2.47. The summed E-state index contributed by atoms with van der Waals surface area (Å²) in [4.78, 5) is 15.3. The fraction of sp³-hybridized carbons (Fsp3) is 0.200. The molecule has 1 heterocycles. The molecule has 0 radical (unpaired) electrons. The summed E-state index contributed by atoms with van der Waals surface area (Å²) in [6, 6.07) is 6.86. The number of nitrogens with one attached hydrogen (secondary N) is 1. The molecule has 0 spiro atoms. The van der Waals surface area contributed by atoms with E-state index in [-0.39, 0.29) is 0 Å². The summed E-state index contributed by atoms with van der Waals surface area (Å²) in [7, 11) is 0. The molecule has 3 nitrogen and oxygen atoms in total. The van der Waals surface area contributed by atoms with Gasteiger partial charge in [0.2, 0.25) is 0 Å². The molecule has 116 valence electrons. The molecule has 1 aromatic carbocycles. The molecule has 1 N–H and O–H groups in total. The first kappa shape index (κ1) is 15.9. The van der Waals surface area contributed by atoms with Crippen LogP contribution in [-0.4, -0.2) is 23.1 Å². The lowest BCUT2D eigenvalue weighted by atomic mass is 10.1. The number of carbonyl (C=O) groups is 1. The van der Waals surface area contributed by atoms with E-state index >= 15 is 0 Å². The van der Waals surface area contributed by atoms with Crippen LogP contribution in [0.2, 0.25) is 0 Å². The van der Waals surface area contributed by atoms with Gasteiger partial charge in [-0.15, -0.1) is 0 Å². The topological polar surface area (TPSA) is 42.0 Å². The highest BCUT2D eigenvalue weighted by Crippen LogP contribution is 2.23. The summed E-state index contributed by atoms with van der Waals surface area (Å²) in [6.07, 6.45) is -3.16. The average molecular weight is 312 g/mol. The van der Waals surface area contributed by atoms with Crippen LogP contribution < -0.4 is 5.32 Å². The van der Waals surface area contributed by atoms with Crippen molar-refractivity contribution in [3.63, 3.8) is 0 Å². The number of hydrogen-bond acceptors (Lipinski definition) is 2. The number of pyridine rings is 1. The van der Waals surface area contributed by atoms with Crippen molar-refractivity contribution in [2.75, 3.05) is 0 Å². The van der Waals surface area contributed by atoms with Gasteiger partial charge in [-0.25, -0.2) is 4.39 Å². The van der Waals surface area contributed by atoms with Gasteiger partial charge < -0.3 is 5.32 Å². The summed E-state index contributed by atoms with van der Waals surface area (Å²) in [5.41, 5.74) is -0.0577. The highest BCUT2D eigenvalue weighted by atomic mass is 19.4. The van der Waals surface area contributed by atoms with Crippen LogP contribution in [0, 0.1) is 5.82 Å². The molecule has 1 aromatic heterocycles. The molecule has 0 aliphatic carbocycles. The van der Waals surface area contributed by atoms with Crippen molar-refractivity contribution in [2.45, 2.75) is 18.6 Å². The van der Waals surface area contributed by atoms with Gasteiger partial charge in [-0.1, -0.05) is 30.3 Å². The molecule has 0 saturated heterocycles. The van der Waals surface area contributed by atoms with Crippen LogP contribution >= 0.6 is 0 Å². The van der Waals surface area contributed by atoms with Gasteiger partial charge in [0, 0.05) is 12.6 Å².